The maximum atomic E-state index is 3.94. The Kier molecular flexibility index (Phi) is 1.40. The number of nitrogens with one attached hydrogen (secondary N) is 1. The lowest BCUT2D eigenvalue weighted by Crippen LogP contribution is -2.00. The second-order valence-corrected chi connectivity index (χ2v) is 3.60. The Morgan fingerprint density at radius 1 is 1.25 bits per heavy atom. The van der Waals surface area contributed by atoms with E-state index in [1.807, 2.05) is 12.2 Å². The van der Waals surface area contributed by atoms with Crippen LogP contribution in [0, 0.1) is 5.41 Å². The fourth-order valence-corrected chi connectivity index (χ4v) is 1.14. The summed E-state index contributed by atoms with van der Waals surface area (Å²) < 4.78 is 0. The maximum absolute atomic E-state index is 3.94. The monoisotopic (exact) mass is 161 g/mol. The molecule has 0 aromatic carbocycles. The van der Waals surface area contributed by atoms with Crippen LogP contribution in [0.1, 0.15) is 25.2 Å². The summed E-state index contributed by atoms with van der Waals surface area (Å²) in [6.07, 6.45) is 8.28. The van der Waals surface area contributed by atoms with Gasteiger partial charge in [-0.25, -0.2) is 0 Å². The summed E-state index contributed by atoms with van der Waals surface area (Å²) in [5.74, 6) is 0. The number of hydrogen-bond acceptors (Lipinski definition) is 2. The molecule has 1 aliphatic carbocycles. The minimum absolute atomic E-state index is 0.113. The molecule has 0 saturated heterocycles. The van der Waals surface area contributed by atoms with Gasteiger partial charge in [-0.05, 0) is 12.2 Å². The van der Waals surface area contributed by atoms with Crippen LogP contribution in [-0.2, 0) is 0 Å². The third kappa shape index (κ3) is 1.18. The molecule has 3 nitrogen and oxygen atoms in total. The number of H-pyrrole nitrogens is 1. The van der Waals surface area contributed by atoms with Crippen LogP contribution in [0.15, 0.2) is 12.2 Å². The molecule has 62 valence electrons. The highest BCUT2D eigenvalue weighted by Gasteiger charge is 2.13. The summed E-state index contributed by atoms with van der Waals surface area (Å²) in [6, 6.07) is 0. The Morgan fingerprint density at radius 3 is 2.83 bits per heavy atom. The highest BCUT2D eigenvalue weighted by molar-refractivity contribution is 5.62. The second-order valence-electron chi connectivity index (χ2n) is 3.60. The molecule has 1 aliphatic rings. The van der Waals surface area contributed by atoms with E-state index < -0.39 is 0 Å². The first-order chi connectivity index (χ1) is 5.67. The molecule has 3 heteroatoms. The van der Waals surface area contributed by atoms with Crippen molar-refractivity contribution in [2.45, 2.75) is 13.8 Å². The maximum Gasteiger partial charge on any atom is 0.112 e. The Bertz CT molecular complexity index is 314. The molecular weight excluding hydrogens is 150 g/mol. The van der Waals surface area contributed by atoms with E-state index in [1.54, 1.807) is 0 Å². The van der Waals surface area contributed by atoms with Crippen molar-refractivity contribution in [3.8, 4) is 0 Å². The molecule has 1 aromatic heterocycles. The first kappa shape index (κ1) is 7.28. The lowest BCUT2D eigenvalue weighted by molar-refractivity contribution is 0.633. The molecule has 2 rings (SSSR count). The smallest absolute Gasteiger partial charge is 0.112 e. The van der Waals surface area contributed by atoms with Gasteiger partial charge in [0.25, 0.3) is 0 Å². The van der Waals surface area contributed by atoms with E-state index in [4.69, 9.17) is 0 Å². The quantitative estimate of drug-likeness (QED) is 0.631. The third-order valence-electron chi connectivity index (χ3n) is 1.95. The van der Waals surface area contributed by atoms with Gasteiger partial charge >= 0.3 is 0 Å². The predicted molar refractivity (Wildman–Crippen MR) is 48.2 cm³/mol. The van der Waals surface area contributed by atoms with Gasteiger partial charge in [0.15, 0.2) is 0 Å². The van der Waals surface area contributed by atoms with Crippen molar-refractivity contribution in [1.29, 1.82) is 0 Å². The van der Waals surface area contributed by atoms with Crippen molar-refractivity contribution in [3.05, 3.63) is 23.5 Å². The Morgan fingerprint density at radius 2 is 2.00 bits per heavy atom. The molecular formula is C9H11N3. The molecule has 0 amide bonds. The van der Waals surface area contributed by atoms with Crippen molar-refractivity contribution in [2.24, 2.45) is 5.41 Å². The van der Waals surface area contributed by atoms with E-state index in [0.29, 0.717) is 0 Å². The molecule has 0 saturated carbocycles. The van der Waals surface area contributed by atoms with E-state index >= 15 is 0 Å². The minimum Gasteiger partial charge on any atom is -0.258 e. The van der Waals surface area contributed by atoms with Gasteiger partial charge in [0.05, 0.1) is 5.69 Å². The van der Waals surface area contributed by atoms with E-state index in [2.05, 4.69) is 41.4 Å². The SMILES string of the molecule is CC1(C)C=Cc2nn[nH]c2C=C1. The molecule has 0 bridgehead atoms. The number of hydrogen-bond donors (Lipinski definition) is 1. The van der Waals surface area contributed by atoms with E-state index in [0.717, 1.165) is 11.4 Å². The molecule has 0 atom stereocenters. The van der Waals surface area contributed by atoms with Crippen LogP contribution in [-0.4, -0.2) is 15.4 Å². The summed E-state index contributed by atoms with van der Waals surface area (Å²) in [7, 11) is 0. The van der Waals surface area contributed by atoms with Crippen LogP contribution in [0.2, 0.25) is 0 Å². The highest BCUT2D eigenvalue weighted by Crippen LogP contribution is 2.25. The van der Waals surface area contributed by atoms with Gasteiger partial charge in [0, 0.05) is 5.41 Å². The van der Waals surface area contributed by atoms with Crippen molar-refractivity contribution in [2.75, 3.05) is 0 Å². The second kappa shape index (κ2) is 2.30. The first-order valence-electron chi connectivity index (χ1n) is 3.97. The van der Waals surface area contributed by atoms with Crippen LogP contribution in [0.5, 0.6) is 0 Å². The van der Waals surface area contributed by atoms with Gasteiger partial charge in [-0.15, -0.1) is 5.10 Å². The van der Waals surface area contributed by atoms with Crippen LogP contribution < -0.4 is 0 Å². The third-order valence-corrected chi connectivity index (χ3v) is 1.95. The van der Waals surface area contributed by atoms with Gasteiger partial charge in [0.2, 0.25) is 0 Å². The molecule has 0 radical (unpaired) electrons. The van der Waals surface area contributed by atoms with Gasteiger partial charge in [-0.2, -0.15) is 0 Å². The van der Waals surface area contributed by atoms with Crippen LogP contribution in [0.4, 0.5) is 0 Å². The highest BCUT2D eigenvalue weighted by atomic mass is 15.3. The van der Waals surface area contributed by atoms with Gasteiger partial charge in [0.1, 0.15) is 5.69 Å². The van der Waals surface area contributed by atoms with Gasteiger partial charge in [-0.1, -0.05) is 31.2 Å². The van der Waals surface area contributed by atoms with Gasteiger partial charge in [-0.3, -0.25) is 5.10 Å². The number of aromatic nitrogens is 3. The summed E-state index contributed by atoms with van der Waals surface area (Å²) in [5, 5.41) is 10.5. The average Bonchev–Trinajstić information content (AvgIpc) is 2.40. The Hall–Kier alpha value is -1.38. The number of allylic oxidation sites excluding steroid dienone is 2. The number of aromatic amines is 1. The van der Waals surface area contributed by atoms with Crippen molar-refractivity contribution >= 4 is 12.2 Å². The number of rotatable bonds is 0. The van der Waals surface area contributed by atoms with Crippen molar-refractivity contribution in [3.63, 3.8) is 0 Å². The van der Waals surface area contributed by atoms with Crippen LogP contribution >= 0.6 is 0 Å². The van der Waals surface area contributed by atoms with Crippen molar-refractivity contribution < 1.29 is 0 Å². The lowest BCUT2D eigenvalue weighted by Gasteiger charge is -2.11. The summed E-state index contributed by atoms with van der Waals surface area (Å²) >= 11 is 0. The molecule has 12 heavy (non-hydrogen) atoms. The number of nitrogens with zero attached hydrogens (tertiary/aromatic N) is 2. The minimum atomic E-state index is 0.113. The van der Waals surface area contributed by atoms with Crippen LogP contribution in [0.25, 0.3) is 12.2 Å². The molecule has 1 heterocycles. The molecule has 0 unspecified atom stereocenters. The fourth-order valence-electron chi connectivity index (χ4n) is 1.14. The summed E-state index contributed by atoms with van der Waals surface area (Å²) in [5.41, 5.74) is 2.01. The predicted octanol–water partition coefficient (Wildman–Crippen LogP) is 1.87. The normalized spacial score (nSPS) is 18.8. The largest absolute Gasteiger partial charge is 0.258 e. The van der Waals surface area contributed by atoms with E-state index in [9.17, 15) is 0 Å². The zero-order chi connectivity index (χ0) is 8.60. The topological polar surface area (TPSA) is 41.6 Å². The molecule has 0 aliphatic heterocycles. The molecule has 0 spiro atoms. The van der Waals surface area contributed by atoms with Crippen LogP contribution in [0.3, 0.4) is 0 Å². The zero-order valence-corrected chi connectivity index (χ0v) is 7.20. The first-order valence-corrected chi connectivity index (χ1v) is 3.97. The molecule has 1 N–H and O–H groups in total. The summed E-state index contributed by atoms with van der Waals surface area (Å²) in [4.78, 5) is 0. The summed E-state index contributed by atoms with van der Waals surface area (Å²) in [6.45, 7) is 4.30. The zero-order valence-electron chi connectivity index (χ0n) is 7.20. The lowest BCUT2D eigenvalue weighted by atomic mass is 9.93. The number of fused-ring (bicyclic) bond motifs is 1. The van der Waals surface area contributed by atoms with E-state index in [1.165, 1.54) is 0 Å². The fraction of sp³-hybridized carbons (Fsp3) is 0.333. The molecule has 0 fully saturated rings. The average molecular weight is 161 g/mol. The standard InChI is InChI=1S/C9H11N3/c1-9(2)5-3-7-8(4-6-9)11-12-10-7/h3-6H,1-2H3,(H,10,11,12). The van der Waals surface area contributed by atoms with E-state index in [-0.39, 0.29) is 5.41 Å². The van der Waals surface area contributed by atoms with Gasteiger partial charge < -0.3 is 0 Å². The molecule has 1 aromatic rings. The Balaban J connectivity index is 2.49. The Labute approximate surface area is 71.2 Å². The van der Waals surface area contributed by atoms with Crippen molar-refractivity contribution in [1.82, 2.24) is 15.4 Å².